The molecular weight excluding hydrogens is 236 g/mol. The molecule has 3 heteroatoms. The minimum Gasteiger partial charge on any atom is -0.366 e. The van der Waals surface area contributed by atoms with Crippen LogP contribution in [0.2, 0.25) is 0 Å². The minimum absolute atomic E-state index is 0.126. The molecule has 3 nitrogen and oxygen atoms in total. The standard InChI is InChI=1S/C16H18N2O/c1-16(2,3)13-6-4-11(5-7-13)14-10-12(15(17)19)8-9-18-14/h4-10H,1-3H3,(H2,17,19). The second kappa shape index (κ2) is 4.84. The van der Waals surface area contributed by atoms with E-state index < -0.39 is 5.91 Å². The third kappa shape index (κ3) is 2.99. The lowest BCUT2D eigenvalue weighted by Gasteiger charge is -2.19. The number of nitrogens with two attached hydrogens (primary N) is 1. The van der Waals surface area contributed by atoms with Crippen LogP contribution in [-0.2, 0) is 5.41 Å². The van der Waals surface area contributed by atoms with Crippen LogP contribution in [-0.4, -0.2) is 10.9 Å². The molecule has 0 atom stereocenters. The molecule has 1 heterocycles. The van der Waals surface area contributed by atoms with Crippen molar-refractivity contribution in [2.75, 3.05) is 0 Å². The van der Waals surface area contributed by atoms with E-state index in [1.807, 2.05) is 12.1 Å². The number of nitrogens with zero attached hydrogens (tertiary/aromatic N) is 1. The van der Waals surface area contributed by atoms with Gasteiger partial charge in [0, 0.05) is 17.3 Å². The van der Waals surface area contributed by atoms with Crippen LogP contribution in [0.15, 0.2) is 42.6 Å². The average molecular weight is 254 g/mol. The number of carbonyl (C=O) groups excluding carboxylic acids is 1. The molecule has 1 aromatic carbocycles. The van der Waals surface area contributed by atoms with E-state index in [4.69, 9.17) is 5.73 Å². The number of benzene rings is 1. The van der Waals surface area contributed by atoms with Gasteiger partial charge in [0.15, 0.2) is 0 Å². The number of aromatic nitrogens is 1. The Labute approximate surface area is 113 Å². The van der Waals surface area contributed by atoms with Crippen LogP contribution < -0.4 is 5.73 Å². The Balaban J connectivity index is 2.37. The molecular formula is C16H18N2O. The maximum absolute atomic E-state index is 11.2. The lowest BCUT2D eigenvalue weighted by atomic mass is 9.86. The summed E-state index contributed by atoms with van der Waals surface area (Å²) in [7, 11) is 0. The van der Waals surface area contributed by atoms with Gasteiger partial charge in [-0.2, -0.15) is 0 Å². The molecule has 1 amide bonds. The van der Waals surface area contributed by atoms with E-state index in [2.05, 4.69) is 37.9 Å². The maximum atomic E-state index is 11.2. The normalized spacial score (nSPS) is 11.3. The van der Waals surface area contributed by atoms with Crippen LogP contribution in [0.25, 0.3) is 11.3 Å². The Morgan fingerprint density at radius 3 is 2.26 bits per heavy atom. The molecule has 0 aliphatic rings. The summed E-state index contributed by atoms with van der Waals surface area (Å²) in [4.78, 5) is 15.4. The summed E-state index contributed by atoms with van der Waals surface area (Å²) in [5.74, 6) is -0.435. The van der Waals surface area contributed by atoms with E-state index in [0.717, 1.165) is 11.3 Å². The van der Waals surface area contributed by atoms with Gasteiger partial charge < -0.3 is 5.73 Å². The Hall–Kier alpha value is -2.16. The van der Waals surface area contributed by atoms with Crippen molar-refractivity contribution in [2.45, 2.75) is 26.2 Å². The first-order chi connectivity index (χ1) is 8.88. The lowest BCUT2D eigenvalue weighted by Crippen LogP contribution is -2.11. The van der Waals surface area contributed by atoms with Crippen molar-refractivity contribution in [3.05, 3.63) is 53.7 Å². The Morgan fingerprint density at radius 1 is 1.11 bits per heavy atom. The summed E-state index contributed by atoms with van der Waals surface area (Å²) in [6, 6.07) is 11.6. The van der Waals surface area contributed by atoms with Crippen molar-refractivity contribution in [1.82, 2.24) is 4.98 Å². The van der Waals surface area contributed by atoms with Crippen molar-refractivity contribution in [3.63, 3.8) is 0 Å². The Kier molecular flexibility index (Phi) is 3.38. The lowest BCUT2D eigenvalue weighted by molar-refractivity contribution is 0.1000. The number of primary amides is 1. The molecule has 0 fully saturated rings. The van der Waals surface area contributed by atoms with Crippen molar-refractivity contribution < 1.29 is 4.79 Å². The molecule has 0 unspecified atom stereocenters. The molecule has 2 aromatic rings. The van der Waals surface area contributed by atoms with E-state index in [-0.39, 0.29) is 5.41 Å². The predicted molar refractivity (Wildman–Crippen MR) is 76.9 cm³/mol. The van der Waals surface area contributed by atoms with Gasteiger partial charge in [-0.05, 0) is 23.1 Å². The second-order valence-corrected chi connectivity index (χ2v) is 5.62. The molecule has 0 bridgehead atoms. The Bertz CT molecular complexity index is 595. The first kappa shape index (κ1) is 13.3. The molecule has 98 valence electrons. The van der Waals surface area contributed by atoms with Crippen LogP contribution in [0, 0.1) is 0 Å². The van der Waals surface area contributed by atoms with Crippen LogP contribution >= 0.6 is 0 Å². The van der Waals surface area contributed by atoms with Crippen LogP contribution in [0.4, 0.5) is 0 Å². The van der Waals surface area contributed by atoms with Crippen molar-refractivity contribution in [2.24, 2.45) is 5.73 Å². The van der Waals surface area contributed by atoms with E-state index in [0.29, 0.717) is 5.56 Å². The number of rotatable bonds is 2. The molecule has 0 saturated carbocycles. The van der Waals surface area contributed by atoms with E-state index in [9.17, 15) is 4.79 Å². The zero-order valence-electron chi connectivity index (χ0n) is 11.5. The van der Waals surface area contributed by atoms with Gasteiger partial charge in [-0.15, -0.1) is 0 Å². The highest BCUT2D eigenvalue weighted by atomic mass is 16.1. The molecule has 19 heavy (non-hydrogen) atoms. The monoisotopic (exact) mass is 254 g/mol. The maximum Gasteiger partial charge on any atom is 0.248 e. The van der Waals surface area contributed by atoms with Crippen LogP contribution in [0.3, 0.4) is 0 Å². The summed E-state index contributed by atoms with van der Waals surface area (Å²) < 4.78 is 0. The van der Waals surface area contributed by atoms with Gasteiger partial charge in [-0.25, -0.2) is 0 Å². The number of hydrogen-bond acceptors (Lipinski definition) is 2. The fourth-order valence-corrected chi connectivity index (χ4v) is 1.88. The molecule has 0 aliphatic heterocycles. The van der Waals surface area contributed by atoms with Gasteiger partial charge in [-0.3, -0.25) is 9.78 Å². The fraction of sp³-hybridized carbons (Fsp3) is 0.250. The number of hydrogen-bond donors (Lipinski definition) is 1. The SMILES string of the molecule is CC(C)(C)c1ccc(-c2cc(C(N)=O)ccn2)cc1. The molecule has 2 rings (SSSR count). The largest absolute Gasteiger partial charge is 0.366 e. The molecule has 0 spiro atoms. The van der Waals surface area contributed by atoms with Gasteiger partial charge >= 0.3 is 0 Å². The minimum atomic E-state index is -0.435. The second-order valence-electron chi connectivity index (χ2n) is 5.62. The van der Waals surface area contributed by atoms with Crippen molar-refractivity contribution in [3.8, 4) is 11.3 Å². The topological polar surface area (TPSA) is 56.0 Å². The zero-order valence-corrected chi connectivity index (χ0v) is 11.5. The van der Waals surface area contributed by atoms with Crippen molar-refractivity contribution in [1.29, 1.82) is 0 Å². The number of pyridine rings is 1. The van der Waals surface area contributed by atoms with Gasteiger partial charge in [-0.1, -0.05) is 45.0 Å². The van der Waals surface area contributed by atoms with Gasteiger partial charge in [0.25, 0.3) is 0 Å². The summed E-state index contributed by atoms with van der Waals surface area (Å²) in [5, 5.41) is 0. The number of carbonyl (C=O) groups is 1. The molecule has 2 N–H and O–H groups in total. The quantitative estimate of drug-likeness (QED) is 0.895. The van der Waals surface area contributed by atoms with Gasteiger partial charge in [0.1, 0.15) is 0 Å². The highest BCUT2D eigenvalue weighted by molar-refractivity contribution is 5.93. The summed E-state index contributed by atoms with van der Waals surface area (Å²) in [6.45, 7) is 6.52. The van der Waals surface area contributed by atoms with Gasteiger partial charge in [0.2, 0.25) is 5.91 Å². The molecule has 1 aromatic heterocycles. The first-order valence-electron chi connectivity index (χ1n) is 6.25. The number of amides is 1. The van der Waals surface area contributed by atoms with E-state index in [1.54, 1.807) is 18.3 Å². The van der Waals surface area contributed by atoms with Crippen LogP contribution in [0.5, 0.6) is 0 Å². The third-order valence-electron chi connectivity index (χ3n) is 3.09. The first-order valence-corrected chi connectivity index (χ1v) is 6.25. The summed E-state index contributed by atoms with van der Waals surface area (Å²) in [5.41, 5.74) is 8.89. The molecule has 0 aliphatic carbocycles. The van der Waals surface area contributed by atoms with Gasteiger partial charge in [0.05, 0.1) is 5.69 Å². The molecule has 0 radical (unpaired) electrons. The van der Waals surface area contributed by atoms with Crippen LogP contribution in [0.1, 0.15) is 36.7 Å². The Morgan fingerprint density at radius 2 is 1.74 bits per heavy atom. The van der Waals surface area contributed by atoms with E-state index in [1.165, 1.54) is 5.56 Å². The average Bonchev–Trinajstić information content (AvgIpc) is 2.38. The smallest absolute Gasteiger partial charge is 0.248 e. The fourth-order valence-electron chi connectivity index (χ4n) is 1.88. The zero-order chi connectivity index (χ0) is 14.0. The highest BCUT2D eigenvalue weighted by Crippen LogP contribution is 2.25. The van der Waals surface area contributed by atoms with Crippen molar-refractivity contribution >= 4 is 5.91 Å². The predicted octanol–water partition coefficient (Wildman–Crippen LogP) is 3.15. The summed E-state index contributed by atoms with van der Waals surface area (Å²) in [6.07, 6.45) is 1.60. The molecule has 0 saturated heterocycles. The van der Waals surface area contributed by atoms with E-state index >= 15 is 0 Å². The highest BCUT2D eigenvalue weighted by Gasteiger charge is 2.13. The summed E-state index contributed by atoms with van der Waals surface area (Å²) >= 11 is 0. The third-order valence-corrected chi connectivity index (χ3v) is 3.09.